The fourth-order valence-corrected chi connectivity index (χ4v) is 3.98. The maximum absolute atomic E-state index is 10.5. The predicted octanol–water partition coefficient (Wildman–Crippen LogP) is 3.66. The third-order valence-corrected chi connectivity index (χ3v) is 5.64. The Labute approximate surface area is 180 Å². The second kappa shape index (κ2) is 10.9. The van der Waals surface area contributed by atoms with Crippen molar-refractivity contribution in [1.82, 2.24) is 4.90 Å². The van der Waals surface area contributed by atoms with E-state index in [1.165, 1.54) is 11.3 Å². The summed E-state index contributed by atoms with van der Waals surface area (Å²) >= 11 is 0. The molecule has 0 bridgehead atoms. The van der Waals surface area contributed by atoms with Crippen molar-refractivity contribution >= 4 is 17.8 Å². The minimum atomic E-state index is 0.365. The zero-order chi connectivity index (χ0) is 21.3. The number of hydrogen-bond donors (Lipinski definition) is 1. The molecule has 0 saturated carbocycles. The molecule has 1 heterocycles. The molecule has 0 spiro atoms. The zero-order valence-electron chi connectivity index (χ0n) is 18.5. The van der Waals surface area contributed by atoms with E-state index in [0.717, 1.165) is 61.8 Å². The summed E-state index contributed by atoms with van der Waals surface area (Å²) in [5.41, 5.74) is 2.43. The molecular formula is C26H34N2O2. The molecule has 0 radical (unpaired) electrons. The summed E-state index contributed by atoms with van der Waals surface area (Å²) < 4.78 is 5.54. The molecule has 1 aliphatic rings. The van der Waals surface area contributed by atoms with Gasteiger partial charge in [-0.1, -0.05) is 55.8 Å². The van der Waals surface area contributed by atoms with Crippen molar-refractivity contribution in [2.24, 2.45) is 0 Å². The standard InChI is InChI=1S/C26H34N2O2/c1-4-6-10-22-21(14-15-25(29)23(22)11-7-5-2)20-27-16-18-28(19-17-27)24-12-8-9-13-26(24)30-3/h4,6,8-15,29H,5,7,16-20H2,1-3H3/b6-4-,22-10-,23-11-. The number of para-hydroxylation sites is 2. The highest BCUT2D eigenvalue weighted by Gasteiger charge is 2.20. The van der Waals surface area contributed by atoms with Crippen LogP contribution >= 0.6 is 0 Å². The summed E-state index contributed by atoms with van der Waals surface area (Å²) in [7, 11) is 1.73. The third-order valence-electron chi connectivity index (χ3n) is 5.64. The lowest BCUT2D eigenvalue weighted by molar-refractivity contribution is 0.248. The fraction of sp³-hybridized carbons (Fsp3) is 0.385. The fourth-order valence-electron chi connectivity index (χ4n) is 3.98. The van der Waals surface area contributed by atoms with Gasteiger partial charge in [0, 0.05) is 37.9 Å². The second-order valence-corrected chi connectivity index (χ2v) is 7.69. The summed E-state index contributed by atoms with van der Waals surface area (Å²) in [5, 5.41) is 12.5. The summed E-state index contributed by atoms with van der Waals surface area (Å²) in [4.78, 5) is 4.90. The van der Waals surface area contributed by atoms with Crippen LogP contribution in [0.1, 0.15) is 32.3 Å². The topological polar surface area (TPSA) is 35.9 Å². The van der Waals surface area contributed by atoms with Gasteiger partial charge in [-0.05, 0) is 42.3 Å². The molecule has 0 amide bonds. The van der Waals surface area contributed by atoms with E-state index in [4.69, 9.17) is 4.74 Å². The first-order valence-corrected chi connectivity index (χ1v) is 10.9. The first-order valence-electron chi connectivity index (χ1n) is 10.9. The number of unbranched alkanes of at least 4 members (excludes halogenated alkanes) is 1. The van der Waals surface area contributed by atoms with E-state index >= 15 is 0 Å². The van der Waals surface area contributed by atoms with Crippen LogP contribution in [0.15, 0.2) is 48.6 Å². The molecule has 1 N–H and O–H groups in total. The number of anilines is 1. The number of allylic oxidation sites excluding steroid dienone is 2. The lowest BCUT2D eigenvalue weighted by Crippen LogP contribution is -2.47. The van der Waals surface area contributed by atoms with E-state index in [1.807, 2.05) is 31.2 Å². The van der Waals surface area contributed by atoms with Crippen LogP contribution in [0.2, 0.25) is 0 Å². The highest BCUT2D eigenvalue weighted by Crippen LogP contribution is 2.28. The SMILES string of the molecule is C\C=C/C=c1/c(CN2CCN(c3ccccc3OC)CC2)ccc(O)/c1=C\CCC. The lowest BCUT2D eigenvalue weighted by atomic mass is 10.1. The lowest BCUT2D eigenvalue weighted by Gasteiger charge is -2.36. The van der Waals surface area contributed by atoms with Crippen molar-refractivity contribution in [2.45, 2.75) is 33.2 Å². The van der Waals surface area contributed by atoms with E-state index in [9.17, 15) is 5.11 Å². The van der Waals surface area contributed by atoms with E-state index in [0.29, 0.717) is 5.75 Å². The van der Waals surface area contributed by atoms with Gasteiger partial charge in [-0.15, -0.1) is 0 Å². The summed E-state index contributed by atoms with van der Waals surface area (Å²) in [6, 6.07) is 12.2. The number of phenols is 1. The molecular weight excluding hydrogens is 372 g/mol. The van der Waals surface area contributed by atoms with Crippen LogP contribution in [0.25, 0.3) is 12.2 Å². The van der Waals surface area contributed by atoms with Gasteiger partial charge in [-0.2, -0.15) is 0 Å². The normalized spacial score (nSPS) is 16.6. The van der Waals surface area contributed by atoms with E-state index in [1.54, 1.807) is 7.11 Å². The number of rotatable bonds is 7. The summed E-state index contributed by atoms with van der Waals surface area (Å²) in [6.45, 7) is 9.00. The van der Waals surface area contributed by atoms with Crippen LogP contribution in [0.5, 0.6) is 11.5 Å². The highest BCUT2D eigenvalue weighted by atomic mass is 16.5. The molecule has 0 atom stereocenters. The van der Waals surface area contributed by atoms with Crippen molar-refractivity contribution in [1.29, 1.82) is 0 Å². The quantitative estimate of drug-likeness (QED) is 0.761. The molecule has 2 aromatic rings. The molecule has 0 aromatic heterocycles. The van der Waals surface area contributed by atoms with Crippen LogP contribution in [0.4, 0.5) is 5.69 Å². The maximum Gasteiger partial charge on any atom is 0.142 e. The maximum atomic E-state index is 10.5. The number of phenolic OH excluding ortho intramolecular Hbond substituents is 1. The predicted molar refractivity (Wildman–Crippen MR) is 126 cm³/mol. The van der Waals surface area contributed by atoms with Gasteiger partial charge >= 0.3 is 0 Å². The van der Waals surface area contributed by atoms with Gasteiger partial charge < -0.3 is 14.7 Å². The van der Waals surface area contributed by atoms with Gasteiger partial charge in [0.25, 0.3) is 0 Å². The average molecular weight is 407 g/mol. The Kier molecular flexibility index (Phi) is 7.97. The number of methoxy groups -OCH3 is 1. The largest absolute Gasteiger partial charge is 0.507 e. The van der Waals surface area contributed by atoms with E-state index < -0.39 is 0 Å². The number of piperazine rings is 1. The number of hydrogen-bond acceptors (Lipinski definition) is 4. The number of benzene rings is 2. The Balaban J connectivity index is 1.79. The first-order chi connectivity index (χ1) is 14.7. The van der Waals surface area contributed by atoms with Crippen LogP contribution in [0.3, 0.4) is 0 Å². The van der Waals surface area contributed by atoms with Gasteiger partial charge in [0.1, 0.15) is 11.5 Å². The number of aromatic hydroxyl groups is 1. The Morgan fingerprint density at radius 1 is 1.03 bits per heavy atom. The number of nitrogens with zero attached hydrogens (tertiary/aromatic N) is 2. The van der Waals surface area contributed by atoms with Crippen molar-refractivity contribution in [2.75, 3.05) is 38.2 Å². The molecule has 1 saturated heterocycles. The minimum absolute atomic E-state index is 0.365. The molecule has 3 rings (SSSR count). The van der Waals surface area contributed by atoms with Crippen LogP contribution < -0.4 is 20.1 Å². The Morgan fingerprint density at radius 2 is 1.80 bits per heavy atom. The first kappa shape index (κ1) is 22.0. The summed E-state index contributed by atoms with van der Waals surface area (Å²) in [5.74, 6) is 1.30. The van der Waals surface area contributed by atoms with E-state index in [2.05, 4.69) is 53.2 Å². The molecule has 4 heteroatoms. The summed E-state index contributed by atoms with van der Waals surface area (Å²) in [6.07, 6.45) is 10.4. The van der Waals surface area contributed by atoms with Gasteiger partial charge in [0.15, 0.2) is 0 Å². The zero-order valence-corrected chi connectivity index (χ0v) is 18.5. The molecule has 1 fully saturated rings. The van der Waals surface area contributed by atoms with E-state index in [-0.39, 0.29) is 0 Å². The minimum Gasteiger partial charge on any atom is -0.507 e. The van der Waals surface area contributed by atoms with Gasteiger partial charge in [-0.25, -0.2) is 0 Å². The number of ether oxygens (including phenoxy) is 1. The molecule has 160 valence electrons. The smallest absolute Gasteiger partial charge is 0.142 e. The molecule has 4 nitrogen and oxygen atoms in total. The Morgan fingerprint density at radius 3 is 2.50 bits per heavy atom. The van der Waals surface area contributed by atoms with Gasteiger partial charge in [-0.3, -0.25) is 4.90 Å². The van der Waals surface area contributed by atoms with Gasteiger partial charge in [0.2, 0.25) is 0 Å². The van der Waals surface area contributed by atoms with Crippen LogP contribution in [-0.4, -0.2) is 43.3 Å². The van der Waals surface area contributed by atoms with Crippen molar-refractivity contribution < 1.29 is 9.84 Å². The second-order valence-electron chi connectivity index (χ2n) is 7.69. The van der Waals surface area contributed by atoms with Crippen molar-refractivity contribution in [3.05, 3.63) is 64.6 Å². The molecule has 30 heavy (non-hydrogen) atoms. The van der Waals surface area contributed by atoms with Crippen molar-refractivity contribution in [3.8, 4) is 11.5 Å². The molecule has 0 unspecified atom stereocenters. The monoisotopic (exact) mass is 406 g/mol. The highest BCUT2D eigenvalue weighted by molar-refractivity contribution is 5.58. The Bertz CT molecular complexity index is 973. The molecule has 0 aliphatic carbocycles. The van der Waals surface area contributed by atoms with Crippen LogP contribution in [-0.2, 0) is 6.54 Å². The van der Waals surface area contributed by atoms with Gasteiger partial charge in [0.05, 0.1) is 12.8 Å². The van der Waals surface area contributed by atoms with Crippen LogP contribution in [0, 0.1) is 0 Å². The Hall–Kier alpha value is -2.72. The molecule has 1 aliphatic heterocycles. The average Bonchev–Trinajstić information content (AvgIpc) is 2.79. The molecule has 2 aromatic carbocycles. The van der Waals surface area contributed by atoms with Crippen molar-refractivity contribution in [3.63, 3.8) is 0 Å². The third kappa shape index (κ3) is 5.25.